The van der Waals surface area contributed by atoms with Crippen molar-refractivity contribution < 1.29 is 19.1 Å². The summed E-state index contributed by atoms with van der Waals surface area (Å²) < 4.78 is 10.9. The van der Waals surface area contributed by atoms with E-state index in [9.17, 15) is 9.59 Å². The average Bonchev–Trinajstić information content (AvgIpc) is 2.73. The highest BCUT2D eigenvalue weighted by atomic mass is 16.6. The highest BCUT2D eigenvalue weighted by Gasteiger charge is 2.40. The first-order valence-electron chi connectivity index (χ1n) is 13.2. The van der Waals surface area contributed by atoms with Crippen LogP contribution in [0, 0.1) is 11.3 Å². The van der Waals surface area contributed by atoms with Gasteiger partial charge in [-0.3, -0.25) is 9.59 Å². The van der Waals surface area contributed by atoms with Crippen LogP contribution in [0.2, 0.25) is 0 Å². The predicted molar refractivity (Wildman–Crippen MR) is 130 cm³/mol. The molecule has 0 rings (SSSR count). The number of ether oxygens (including phenoxy) is 2. The molecule has 0 spiro atoms. The summed E-state index contributed by atoms with van der Waals surface area (Å²) in [6, 6.07) is 0. The summed E-state index contributed by atoms with van der Waals surface area (Å²) in [5, 5.41) is 0. The zero-order valence-corrected chi connectivity index (χ0v) is 21.6. The van der Waals surface area contributed by atoms with Crippen molar-refractivity contribution in [3.8, 4) is 0 Å². The Morgan fingerprint density at radius 3 is 1.48 bits per heavy atom. The van der Waals surface area contributed by atoms with Crippen LogP contribution in [0.1, 0.15) is 138 Å². The molecule has 1 unspecified atom stereocenters. The van der Waals surface area contributed by atoms with Gasteiger partial charge in [0.05, 0.1) is 6.61 Å². The Hall–Kier alpha value is -1.06. The SMILES string of the molecule is CCCCCCCCCCCCCCCCOC(=O)C(C)(C)C(=O)OC(CC)C(C)C. The van der Waals surface area contributed by atoms with Crippen LogP contribution in [-0.4, -0.2) is 24.6 Å². The van der Waals surface area contributed by atoms with Crippen molar-refractivity contribution in [1.29, 1.82) is 0 Å². The van der Waals surface area contributed by atoms with E-state index in [0.717, 1.165) is 19.3 Å². The number of unbranched alkanes of at least 4 members (excludes halogenated alkanes) is 13. The summed E-state index contributed by atoms with van der Waals surface area (Å²) in [5.74, 6) is -0.735. The van der Waals surface area contributed by atoms with Gasteiger partial charge >= 0.3 is 11.9 Å². The second kappa shape index (κ2) is 18.5. The lowest BCUT2D eigenvalue weighted by Gasteiger charge is -2.26. The summed E-state index contributed by atoms with van der Waals surface area (Å²) in [4.78, 5) is 24.8. The van der Waals surface area contributed by atoms with Crippen molar-refractivity contribution in [2.75, 3.05) is 6.61 Å². The zero-order valence-electron chi connectivity index (χ0n) is 21.6. The van der Waals surface area contributed by atoms with Crippen molar-refractivity contribution in [3.63, 3.8) is 0 Å². The molecule has 0 saturated carbocycles. The van der Waals surface area contributed by atoms with Gasteiger partial charge in [-0.15, -0.1) is 0 Å². The minimum absolute atomic E-state index is 0.162. The van der Waals surface area contributed by atoms with Crippen molar-refractivity contribution in [1.82, 2.24) is 0 Å². The van der Waals surface area contributed by atoms with Gasteiger partial charge in [0, 0.05) is 0 Å². The average molecular weight is 441 g/mol. The molecule has 0 radical (unpaired) electrons. The maximum atomic E-state index is 12.4. The molecule has 0 bridgehead atoms. The predicted octanol–water partition coefficient (Wildman–Crippen LogP) is 8.01. The van der Waals surface area contributed by atoms with E-state index in [0.29, 0.717) is 6.61 Å². The maximum absolute atomic E-state index is 12.4. The Labute approximate surface area is 193 Å². The van der Waals surface area contributed by atoms with Crippen LogP contribution < -0.4 is 0 Å². The highest BCUT2D eigenvalue weighted by Crippen LogP contribution is 2.23. The lowest BCUT2D eigenvalue weighted by Crippen LogP contribution is -2.39. The third-order valence-electron chi connectivity index (χ3n) is 6.16. The van der Waals surface area contributed by atoms with Crippen LogP contribution in [-0.2, 0) is 19.1 Å². The molecule has 0 fully saturated rings. The highest BCUT2D eigenvalue weighted by molar-refractivity contribution is 5.99. The molecule has 0 N–H and O–H groups in total. The van der Waals surface area contributed by atoms with Crippen LogP contribution in [0.5, 0.6) is 0 Å². The smallest absolute Gasteiger partial charge is 0.323 e. The molecule has 31 heavy (non-hydrogen) atoms. The van der Waals surface area contributed by atoms with Crippen molar-refractivity contribution in [3.05, 3.63) is 0 Å². The number of rotatable bonds is 20. The van der Waals surface area contributed by atoms with E-state index in [1.165, 1.54) is 77.0 Å². The molecule has 184 valence electrons. The Morgan fingerprint density at radius 1 is 0.677 bits per heavy atom. The Kier molecular flexibility index (Phi) is 17.9. The third kappa shape index (κ3) is 14.6. The fourth-order valence-corrected chi connectivity index (χ4v) is 3.70. The first-order chi connectivity index (χ1) is 14.8. The molecule has 0 aliphatic heterocycles. The minimum Gasteiger partial charge on any atom is -0.465 e. The van der Waals surface area contributed by atoms with Crippen molar-refractivity contribution >= 4 is 11.9 Å². The Morgan fingerprint density at radius 2 is 1.10 bits per heavy atom. The van der Waals surface area contributed by atoms with Gasteiger partial charge in [-0.1, -0.05) is 111 Å². The molecule has 0 aromatic rings. The lowest BCUT2D eigenvalue weighted by molar-refractivity contribution is -0.174. The fraction of sp³-hybridized carbons (Fsp3) is 0.926. The first kappa shape index (κ1) is 29.9. The van der Waals surface area contributed by atoms with E-state index < -0.39 is 17.4 Å². The van der Waals surface area contributed by atoms with Crippen LogP contribution >= 0.6 is 0 Å². The van der Waals surface area contributed by atoms with Crippen LogP contribution in [0.25, 0.3) is 0 Å². The van der Waals surface area contributed by atoms with E-state index in [-0.39, 0.29) is 12.0 Å². The van der Waals surface area contributed by atoms with Gasteiger partial charge in [-0.2, -0.15) is 0 Å². The number of hydrogen-bond donors (Lipinski definition) is 0. The van der Waals surface area contributed by atoms with E-state index in [1.807, 2.05) is 20.8 Å². The topological polar surface area (TPSA) is 52.6 Å². The maximum Gasteiger partial charge on any atom is 0.323 e. The van der Waals surface area contributed by atoms with Gasteiger partial charge in [0.1, 0.15) is 6.10 Å². The number of carbonyl (C=O) groups is 2. The van der Waals surface area contributed by atoms with E-state index in [4.69, 9.17) is 9.47 Å². The number of carbonyl (C=O) groups excluding carboxylic acids is 2. The van der Waals surface area contributed by atoms with Gasteiger partial charge in [0.2, 0.25) is 0 Å². The lowest BCUT2D eigenvalue weighted by atomic mass is 9.93. The summed E-state index contributed by atoms with van der Waals surface area (Å²) >= 11 is 0. The van der Waals surface area contributed by atoms with E-state index in [2.05, 4.69) is 6.92 Å². The second-order valence-corrected chi connectivity index (χ2v) is 9.95. The van der Waals surface area contributed by atoms with Gasteiger partial charge in [-0.05, 0) is 32.6 Å². The van der Waals surface area contributed by atoms with E-state index >= 15 is 0 Å². The number of hydrogen-bond acceptors (Lipinski definition) is 4. The molecule has 0 heterocycles. The first-order valence-corrected chi connectivity index (χ1v) is 13.2. The molecular weight excluding hydrogens is 388 g/mol. The zero-order chi connectivity index (χ0) is 23.5. The third-order valence-corrected chi connectivity index (χ3v) is 6.16. The Balaban J connectivity index is 3.71. The monoisotopic (exact) mass is 440 g/mol. The van der Waals surface area contributed by atoms with Crippen LogP contribution in [0.4, 0.5) is 0 Å². The molecule has 0 aliphatic carbocycles. The van der Waals surface area contributed by atoms with E-state index in [1.54, 1.807) is 13.8 Å². The van der Waals surface area contributed by atoms with Crippen LogP contribution in [0.3, 0.4) is 0 Å². The molecular formula is C27H52O4. The molecule has 4 heteroatoms. The van der Waals surface area contributed by atoms with Gasteiger partial charge in [0.25, 0.3) is 0 Å². The van der Waals surface area contributed by atoms with Crippen molar-refractivity contribution in [2.24, 2.45) is 11.3 Å². The fourth-order valence-electron chi connectivity index (χ4n) is 3.70. The van der Waals surface area contributed by atoms with Crippen LogP contribution in [0.15, 0.2) is 0 Å². The number of esters is 2. The minimum atomic E-state index is -1.25. The summed E-state index contributed by atoms with van der Waals surface area (Å²) in [7, 11) is 0. The van der Waals surface area contributed by atoms with Gasteiger partial charge < -0.3 is 9.47 Å². The molecule has 4 nitrogen and oxygen atoms in total. The summed E-state index contributed by atoms with van der Waals surface area (Å²) in [5.41, 5.74) is -1.25. The normalized spacial score (nSPS) is 12.7. The molecule has 0 aliphatic rings. The Bertz CT molecular complexity index is 456. The molecule has 0 amide bonds. The quantitative estimate of drug-likeness (QED) is 0.109. The van der Waals surface area contributed by atoms with Crippen molar-refractivity contribution in [2.45, 2.75) is 144 Å². The van der Waals surface area contributed by atoms with Gasteiger partial charge in [0.15, 0.2) is 5.41 Å². The summed E-state index contributed by atoms with van der Waals surface area (Å²) in [6.45, 7) is 11.9. The molecule has 0 aromatic heterocycles. The van der Waals surface area contributed by atoms with Gasteiger partial charge in [-0.25, -0.2) is 0 Å². The summed E-state index contributed by atoms with van der Waals surface area (Å²) in [6.07, 6.45) is 18.7. The second-order valence-electron chi connectivity index (χ2n) is 9.95. The molecule has 0 aromatic carbocycles. The standard InChI is InChI=1S/C27H52O4/c1-7-9-10-11-12-13-14-15-16-17-18-19-20-21-22-30-25(28)27(5,6)26(29)31-24(8-2)23(3)4/h23-24H,7-22H2,1-6H3. The largest absolute Gasteiger partial charge is 0.465 e. The molecule has 1 atom stereocenters. The molecule has 0 saturated heterocycles.